The summed E-state index contributed by atoms with van der Waals surface area (Å²) < 4.78 is 0. The SMILES string of the molecule is CN1CCC(O)(C#Cc2cccc(-c3nc(C(N)=O)cc(-c4ccn[nH]4)n3)c2)C1=O. The Labute approximate surface area is 172 Å². The van der Waals surface area contributed by atoms with Crippen LogP contribution in [0.3, 0.4) is 0 Å². The molecule has 0 spiro atoms. The molecule has 0 bridgehead atoms. The summed E-state index contributed by atoms with van der Waals surface area (Å²) in [5.74, 6) is 4.74. The first-order valence-corrected chi connectivity index (χ1v) is 9.16. The fourth-order valence-electron chi connectivity index (χ4n) is 3.12. The summed E-state index contributed by atoms with van der Waals surface area (Å²) in [4.78, 5) is 34.0. The summed E-state index contributed by atoms with van der Waals surface area (Å²) in [7, 11) is 1.63. The number of rotatable bonds is 3. The van der Waals surface area contributed by atoms with Gasteiger partial charge in [0, 0.05) is 37.3 Å². The maximum atomic E-state index is 12.1. The fraction of sp³-hybridized carbons (Fsp3) is 0.190. The first-order chi connectivity index (χ1) is 14.4. The molecule has 1 aliphatic rings. The second kappa shape index (κ2) is 7.42. The van der Waals surface area contributed by atoms with Crippen molar-refractivity contribution < 1.29 is 14.7 Å². The van der Waals surface area contributed by atoms with E-state index in [1.54, 1.807) is 43.6 Å². The number of nitrogens with one attached hydrogen (secondary N) is 1. The second-order valence-corrected chi connectivity index (χ2v) is 6.96. The minimum Gasteiger partial charge on any atom is -0.369 e. The zero-order valence-corrected chi connectivity index (χ0v) is 16.1. The van der Waals surface area contributed by atoms with E-state index in [4.69, 9.17) is 5.73 Å². The molecule has 1 atom stereocenters. The first kappa shape index (κ1) is 19.3. The van der Waals surface area contributed by atoms with Crippen LogP contribution in [-0.4, -0.2) is 61.2 Å². The summed E-state index contributed by atoms with van der Waals surface area (Å²) in [6, 6.07) is 10.2. The quantitative estimate of drug-likeness (QED) is 0.548. The van der Waals surface area contributed by atoms with Gasteiger partial charge in [0.2, 0.25) is 5.60 Å². The molecule has 0 aliphatic carbocycles. The third kappa shape index (κ3) is 3.64. The van der Waals surface area contributed by atoms with Crippen molar-refractivity contribution in [2.24, 2.45) is 5.73 Å². The molecular weight excluding hydrogens is 384 g/mol. The third-order valence-electron chi connectivity index (χ3n) is 4.80. The Balaban J connectivity index is 1.72. The van der Waals surface area contributed by atoms with Crippen LogP contribution in [-0.2, 0) is 4.79 Å². The molecule has 0 saturated carbocycles. The van der Waals surface area contributed by atoms with Gasteiger partial charge in [0.25, 0.3) is 11.8 Å². The minimum atomic E-state index is -1.68. The van der Waals surface area contributed by atoms with Crippen LogP contribution >= 0.6 is 0 Å². The van der Waals surface area contributed by atoms with Gasteiger partial charge in [0.1, 0.15) is 5.69 Å². The number of primary amides is 1. The molecule has 0 radical (unpaired) electrons. The molecular formula is C21H18N6O3. The van der Waals surface area contributed by atoms with Crippen LogP contribution in [0.4, 0.5) is 0 Å². The molecule has 4 N–H and O–H groups in total. The van der Waals surface area contributed by atoms with Gasteiger partial charge in [-0.05, 0) is 24.3 Å². The standard InChI is InChI=1S/C21H18N6O3/c1-27-10-8-21(30,20(27)29)7-5-13-3-2-4-14(11-13)19-24-16(15-6-9-23-26-15)12-17(25-19)18(22)28/h2-4,6,9,11-12,30H,8,10H2,1H3,(H2,22,28)(H,23,26). The van der Waals surface area contributed by atoms with Crippen molar-refractivity contribution in [3.8, 4) is 34.6 Å². The monoisotopic (exact) mass is 402 g/mol. The van der Waals surface area contributed by atoms with Crippen LogP contribution in [0.5, 0.6) is 0 Å². The van der Waals surface area contributed by atoms with Gasteiger partial charge < -0.3 is 15.7 Å². The molecule has 4 rings (SSSR count). The molecule has 1 saturated heterocycles. The zero-order valence-electron chi connectivity index (χ0n) is 16.1. The Bertz CT molecular complexity index is 1190. The molecule has 3 aromatic rings. The van der Waals surface area contributed by atoms with E-state index in [1.165, 1.54) is 11.0 Å². The number of carbonyl (C=O) groups is 2. The molecule has 1 aromatic carbocycles. The van der Waals surface area contributed by atoms with E-state index in [-0.39, 0.29) is 17.9 Å². The predicted molar refractivity (Wildman–Crippen MR) is 108 cm³/mol. The van der Waals surface area contributed by atoms with Crippen molar-refractivity contribution in [2.75, 3.05) is 13.6 Å². The number of aliphatic hydroxyl groups is 1. The van der Waals surface area contributed by atoms with E-state index >= 15 is 0 Å². The second-order valence-electron chi connectivity index (χ2n) is 6.96. The molecule has 9 heteroatoms. The van der Waals surface area contributed by atoms with Gasteiger partial charge in [-0.1, -0.05) is 24.0 Å². The molecule has 1 aliphatic heterocycles. The Kier molecular flexibility index (Phi) is 4.77. The number of aromatic nitrogens is 4. The Morgan fingerprint density at radius 1 is 1.30 bits per heavy atom. The van der Waals surface area contributed by atoms with E-state index in [0.29, 0.717) is 29.1 Å². The van der Waals surface area contributed by atoms with Crippen LogP contribution in [0.2, 0.25) is 0 Å². The lowest BCUT2D eigenvalue weighted by atomic mass is 10.0. The maximum absolute atomic E-state index is 12.1. The summed E-state index contributed by atoms with van der Waals surface area (Å²) in [6.45, 7) is 0.453. The van der Waals surface area contributed by atoms with Gasteiger partial charge in [-0.2, -0.15) is 5.10 Å². The Morgan fingerprint density at radius 2 is 2.13 bits per heavy atom. The maximum Gasteiger partial charge on any atom is 0.267 e. The van der Waals surface area contributed by atoms with Crippen LogP contribution in [0.1, 0.15) is 22.5 Å². The largest absolute Gasteiger partial charge is 0.369 e. The highest BCUT2D eigenvalue weighted by atomic mass is 16.3. The van der Waals surface area contributed by atoms with E-state index in [9.17, 15) is 14.7 Å². The smallest absolute Gasteiger partial charge is 0.267 e. The molecule has 2 amide bonds. The number of benzene rings is 1. The number of hydrogen-bond acceptors (Lipinski definition) is 6. The van der Waals surface area contributed by atoms with Crippen molar-refractivity contribution >= 4 is 11.8 Å². The highest BCUT2D eigenvalue weighted by molar-refractivity contribution is 5.92. The van der Waals surface area contributed by atoms with Crippen molar-refractivity contribution in [3.63, 3.8) is 0 Å². The minimum absolute atomic E-state index is 0.0648. The van der Waals surface area contributed by atoms with Gasteiger partial charge >= 0.3 is 0 Å². The van der Waals surface area contributed by atoms with Crippen LogP contribution in [0, 0.1) is 11.8 Å². The van der Waals surface area contributed by atoms with Crippen LogP contribution in [0.25, 0.3) is 22.8 Å². The van der Waals surface area contributed by atoms with E-state index < -0.39 is 17.4 Å². The van der Waals surface area contributed by atoms with Gasteiger partial charge in [0.05, 0.1) is 11.4 Å². The number of amides is 2. The normalized spacial score (nSPS) is 18.2. The highest BCUT2D eigenvalue weighted by Crippen LogP contribution is 2.23. The van der Waals surface area contributed by atoms with Crippen molar-refractivity contribution in [3.05, 3.63) is 53.9 Å². The number of likely N-dealkylation sites (N-methyl/N-ethyl adjacent to an activating group) is 1. The number of hydrogen-bond donors (Lipinski definition) is 3. The molecule has 3 heterocycles. The van der Waals surface area contributed by atoms with E-state index in [2.05, 4.69) is 32.0 Å². The average Bonchev–Trinajstić information content (AvgIpc) is 3.38. The molecule has 9 nitrogen and oxygen atoms in total. The van der Waals surface area contributed by atoms with Crippen LogP contribution in [0.15, 0.2) is 42.6 Å². The van der Waals surface area contributed by atoms with Crippen LogP contribution < -0.4 is 5.73 Å². The van der Waals surface area contributed by atoms with Gasteiger partial charge in [-0.15, -0.1) is 0 Å². The van der Waals surface area contributed by atoms with Crippen molar-refractivity contribution in [2.45, 2.75) is 12.0 Å². The Morgan fingerprint density at radius 3 is 2.80 bits per heavy atom. The summed E-state index contributed by atoms with van der Waals surface area (Å²) in [5, 5.41) is 17.2. The third-order valence-corrected chi connectivity index (χ3v) is 4.80. The summed E-state index contributed by atoms with van der Waals surface area (Å²) in [6.07, 6.45) is 1.83. The molecule has 2 aromatic heterocycles. The number of nitrogens with zero attached hydrogens (tertiary/aromatic N) is 4. The van der Waals surface area contributed by atoms with Gasteiger partial charge in [0.15, 0.2) is 5.82 Å². The van der Waals surface area contributed by atoms with Gasteiger partial charge in [-0.25, -0.2) is 9.97 Å². The zero-order chi connectivity index (χ0) is 21.3. The van der Waals surface area contributed by atoms with Gasteiger partial charge in [-0.3, -0.25) is 14.7 Å². The molecule has 30 heavy (non-hydrogen) atoms. The highest BCUT2D eigenvalue weighted by Gasteiger charge is 2.42. The topological polar surface area (TPSA) is 138 Å². The number of likely N-dealkylation sites (tertiary alicyclic amines) is 1. The number of nitrogens with two attached hydrogens (primary N) is 1. The summed E-state index contributed by atoms with van der Waals surface area (Å²) >= 11 is 0. The molecule has 1 unspecified atom stereocenters. The first-order valence-electron chi connectivity index (χ1n) is 9.16. The number of carbonyl (C=O) groups excluding carboxylic acids is 2. The van der Waals surface area contributed by atoms with E-state index in [1.807, 2.05) is 0 Å². The Hall–Kier alpha value is -4.03. The lowest BCUT2D eigenvalue weighted by Gasteiger charge is -2.13. The molecule has 150 valence electrons. The van der Waals surface area contributed by atoms with Crippen molar-refractivity contribution in [1.82, 2.24) is 25.1 Å². The van der Waals surface area contributed by atoms with E-state index in [0.717, 1.165) is 0 Å². The number of H-pyrrole nitrogens is 1. The lowest BCUT2D eigenvalue weighted by Crippen LogP contribution is -2.37. The molecule has 1 fully saturated rings. The summed E-state index contributed by atoms with van der Waals surface area (Å²) in [5.41, 5.74) is 6.07. The fourth-order valence-corrected chi connectivity index (χ4v) is 3.12. The number of aromatic amines is 1. The average molecular weight is 402 g/mol. The van der Waals surface area contributed by atoms with Crippen molar-refractivity contribution in [1.29, 1.82) is 0 Å². The predicted octanol–water partition coefficient (Wildman–Crippen LogP) is 0.577. The lowest BCUT2D eigenvalue weighted by molar-refractivity contribution is -0.137.